The van der Waals surface area contributed by atoms with Crippen molar-refractivity contribution in [3.05, 3.63) is 35.4 Å². The Kier molecular flexibility index (Phi) is 4.81. The summed E-state index contributed by atoms with van der Waals surface area (Å²) in [5.41, 5.74) is 0.718. The SMILES string of the molecule is CC(CO)CO.O=C1OC(=O)c2ccccc21. The zero-order valence-electron chi connectivity index (χ0n) is 9.42. The molecule has 0 unspecified atom stereocenters. The number of esters is 2. The number of benzene rings is 1. The topological polar surface area (TPSA) is 83.8 Å². The molecular weight excluding hydrogens is 224 g/mol. The van der Waals surface area contributed by atoms with Crippen molar-refractivity contribution in [3.63, 3.8) is 0 Å². The molecule has 1 aromatic carbocycles. The Balaban J connectivity index is 0.000000209. The summed E-state index contributed by atoms with van der Waals surface area (Å²) in [6, 6.07) is 6.53. The standard InChI is InChI=1S/C8H4O3.C4H10O2/c9-7-5-3-1-2-4-6(5)8(10)11-7;1-4(2-5)3-6/h1-4H;4-6H,2-3H2,1H3. The van der Waals surface area contributed by atoms with E-state index in [9.17, 15) is 9.59 Å². The van der Waals surface area contributed by atoms with Gasteiger partial charge < -0.3 is 14.9 Å². The van der Waals surface area contributed by atoms with Gasteiger partial charge in [-0.1, -0.05) is 19.1 Å². The predicted octanol–water partition coefficient (Wildman–Crippen LogP) is 0.604. The van der Waals surface area contributed by atoms with Crippen molar-refractivity contribution in [3.8, 4) is 0 Å². The molecule has 0 aliphatic carbocycles. The summed E-state index contributed by atoms with van der Waals surface area (Å²) in [4.78, 5) is 21.7. The molecule has 1 aliphatic rings. The molecule has 2 N–H and O–H groups in total. The Morgan fingerprint density at radius 1 is 1.06 bits per heavy atom. The molecule has 0 saturated heterocycles. The normalized spacial score (nSPS) is 12.9. The first-order valence-electron chi connectivity index (χ1n) is 5.17. The van der Waals surface area contributed by atoms with Crippen molar-refractivity contribution in [2.45, 2.75) is 6.92 Å². The van der Waals surface area contributed by atoms with E-state index in [0.717, 1.165) is 0 Å². The molecule has 0 bridgehead atoms. The molecule has 5 heteroatoms. The smallest absolute Gasteiger partial charge is 0.346 e. The summed E-state index contributed by atoms with van der Waals surface area (Å²) in [6.07, 6.45) is 0. The van der Waals surface area contributed by atoms with Crippen LogP contribution in [-0.4, -0.2) is 35.4 Å². The number of cyclic esters (lactones) is 2. The minimum absolute atomic E-state index is 0.0463. The van der Waals surface area contributed by atoms with Crippen molar-refractivity contribution in [1.29, 1.82) is 0 Å². The maximum absolute atomic E-state index is 10.8. The molecule has 0 saturated carbocycles. The fourth-order valence-corrected chi connectivity index (χ4v) is 1.09. The molecule has 2 rings (SSSR count). The van der Waals surface area contributed by atoms with Crippen molar-refractivity contribution in [2.24, 2.45) is 5.92 Å². The van der Waals surface area contributed by atoms with Gasteiger partial charge in [0.1, 0.15) is 0 Å². The van der Waals surface area contributed by atoms with E-state index < -0.39 is 11.9 Å². The van der Waals surface area contributed by atoms with Gasteiger partial charge in [-0.25, -0.2) is 9.59 Å². The lowest BCUT2D eigenvalue weighted by Gasteiger charge is -1.97. The number of ether oxygens (including phenoxy) is 1. The Morgan fingerprint density at radius 2 is 1.47 bits per heavy atom. The van der Waals surface area contributed by atoms with Crippen LogP contribution in [0.15, 0.2) is 24.3 Å². The van der Waals surface area contributed by atoms with Crippen molar-refractivity contribution in [2.75, 3.05) is 13.2 Å². The predicted molar refractivity (Wildman–Crippen MR) is 59.5 cm³/mol. The summed E-state index contributed by atoms with van der Waals surface area (Å²) in [6.45, 7) is 1.94. The van der Waals surface area contributed by atoms with E-state index in [1.54, 1.807) is 31.2 Å². The lowest BCUT2D eigenvalue weighted by molar-refractivity contribution is 0.0444. The van der Waals surface area contributed by atoms with E-state index >= 15 is 0 Å². The second-order valence-electron chi connectivity index (χ2n) is 3.69. The number of rotatable bonds is 2. The lowest BCUT2D eigenvalue weighted by atomic mass is 10.1. The first-order valence-corrected chi connectivity index (χ1v) is 5.17. The number of carbonyl (C=O) groups is 2. The van der Waals surface area contributed by atoms with E-state index in [0.29, 0.717) is 11.1 Å². The van der Waals surface area contributed by atoms with Gasteiger partial charge in [-0.3, -0.25) is 0 Å². The number of aliphatic hydroxyl groups is 2. The van der Waals surface area contributed by atoms with Gasteiger partial charge in [-0.2, -0.15) is 0 Å². The van der Waals surface area contributed by atoms with Crippen LogP contribution in [0.25, 0.3) is 0 Å². The van der Waals surface area contributed by atoms with Crippen LogP contribution in [-0.2, 0) is 4.74 Å². The second kappa shape index (κ2) is 6.12. The average molecular weight is 238 g/mol. The fraction of sp³-hybridized carbons (Fsp3) is 0.333. The monoisotopic (exact) mass is 238 g/mol. The molecule has 17 heavy (non-hydrogen) atoms. The van der Waals surface area contributed by atoms with Crippen molar-refractivity contribution < 1.29 is 24.5 Å². The third-order valence-electron chi connectivity index (χ3n) is 2.18. The summed E-state index contributed by atoms with van der Waals surface area (Å²) in [7, 11) is 0. The lowest BCUT2D eigenvalue weighted by Crippen LogP contribution is -2.04. The van der Waals surface area contributed by atoms with Crippen LogP contribution in [0.1, 0.15) is 27.6 Å². The molecule has 5 nitrogen and oxygen atoms in total. The first-order chi connectivity index (χ1) is 8.10. The van der Waals surface area contributed by atoms with Crippen molar-refractivity contribution >= 4 is 11.9 Å². The molecule has 0 atom stereocenters. The highest BCUT2D eigenvalue weighted by Crippen LogP contribution is 2.18. The summed E-state index contributed by atoms with van der Waals surface area (Å²) in [5, 5.41) is 16.3. The van der Waals surface area contributed by atoms with Gasteiger partial charge in [0.15, 0.2) is 0 Å². The molecular formula is C12H14O5. The molecule has 0 spiro atoms. The molecule has 0 radical (unpaired) electrons. The molecule has 0 amide bonds. The fourth-order valence-electron chi connectivity index (χ4n) is 1.09. The van der Waals surface area contributed by atoms with Gasteiger partial charge in [0.25, 0.3) is 0 Å². The van der Waals surface area contributed by atoms with Crippen molar-refractivity contribution in [1.82, 2.24) is 0 Å². The Bertz CT molecular complexity index is 376. The third-order valence-corrected chi connectivity index (χ3v) is 2.18. The molecule has 92 valence electrons. The molecule has 1 aromatic rings. The van der Waals surface area contributed by atoms with E-state index in [2.05, 4.69) is 4.74 Å². The van der Waals surface area contributed by atoms with Crippen LogP contribution in [0.4, 0.5) is 0 Å². The average Bonchev–Trinajstić information content (AvgIpc) is 2.66. The van der Waals surface area contributed by atoms with Gasteiger partial charge in [0, 0.05) is 19.1 Å². The maximum atomic E-state index is 10.8. The largest absolute Gasteiger partial charge is 0.396 e. The summed E-state index contributed by atoms with van der Waals surface area (Å²) >= 11 is 0. The number of carbonyl (C=O) groups excluding carboxylic acids is 2. The number of hydrogen-bond donors (Lipinski definition) is 2. The van der Waals surface area contributed by atoms with Crippen LogP contribution < -0.4 is 0 Å². The molecule has 0 aromatic heterocycles. The van der Waals surface area contributed by atoms with Crippen LogP contribution in [0, 0.1) is 5.92 Å². The Hall–Kier alpha value is -1.72. The van der Waals surface area contributed by atoms with Crippen LogP contribution in [0.3, 0.4) is 0 Å². The molecule has 0 fully saturated rings. The van der Waals surface area contributed by atoms with E-state index in [1.165, 1.54) is 0 Å². The zero-order chi connectivity index (χ0) is 12.8. The minimum Gasteiger partial charge on any atom is -0.396 e. The van der Waals surface area contributed by atoms with Crippen LogP contribution in [0.2, 0.25) is 0 Å². The Labute approximate surface area is 98.6 Å². The highest BCUT2D eigenvalue weighted by Gasteiger charge is 2.28. The van der Waals surface area contributed by atoms with Gasteiger partial charge >= 0.3 is 11.9 Å². The first kappa shape index (κ1) is 13.3. The van der Waals surface area contributed by atoms with Gasteiger partial charge in [0.2, 0.25) is 0 Å². The van der Waals surface area contributed by atoms with E-state index in [4.69, 9.17) is 10.2 Å². The summed E-state index contributed by atoms with van der Waals surface area (Å²) < 4.78 is 4.35. The van der Waals surface area contributed by atoms with Gasteiger partial charge in [-0.05, 0) is 12.1 Å². The maximum Gasteiger partial charge on any atom is 0.346 e. The highest BCUT2D eigenvalue weighted by molar-refractivity contribution is 6.14. The summed E-state index contributed by atoms with van der Waals surface area (Å²) in [5.74, 6) is -1.05. The number of aliphatic hydroxyl groups excluding tert-OH is 2. The molecule has 1 aliphatic heterocycles. The highest BCUT2D eigenvalue weighted by atomic mass is 16.6. The van der Waals surface area contributed by atoms with E-state index in [-0.39, 0.29) is 19.1 Å². The number of hydrogen-bond acceptors (Lipinski definition) is 5. The van der Waals surface area contributed by atoms with E-state index in [1.807, 2.05) is 0 Å². The number of fused-ring (bicyclic) bond motifs is 1. The van der Waals surface area contributed by atoms with Crippen LogP contribution >= 0.6 is 0 Å². The Morgan fingerprint density at radius 3 is 1.76 bits per heavy atom. The third kappa shape index (κ3) is 3.37. The molecule has 1 heterocycles. The minimum atomic E-state index is -0.550. The quantitative estimate of drug-likeness (QED) is 0.582. The van der Waals surface area contributed by atoms with Crippen LogP contribution in [0.5, 0.6) is 0 Å². The zero-order valence-corrected chi connectivity index (χ0v) is 9.42. The second-order valence-corrected chi connectivity index (χ2v) is 3.69. The van der Waals surface area contributed by atoms with Gasteiger partial charge in [-0.15, -0.1) is 0 Å². The van der Waals surface area contributed by atoms with Gasteiger partial charge in [0.05, 0.1) is 11.1 Å².